The van der Waals surface area contributed by atoms with Crippen LogP contribution in [0.25, 0.3) is 6.08 Å². The Labute approximate surface area is 172 Å². The van der Waals surface area contributed by atoms with Crippen molar-refractivity contribution >= 4 is 34.9 Å². The van der Waals surface area contributed by atoms with E-state index in [0.717, 1.165) is 23.9 Å². The Bertz CT molecular complexity index is 1080. The molecule has 0 aliphatic carbocycles. The molecule has 30 heavy (non-hydrogen) atoms. The Morgan fingerprint density at radius 1 is 1.10 bits per heavy atom. The predicted octanol–water partition coefficient (Wildman–Crippen LogP) is 3.93. The summed E-state index contributed by atoms with van der Waals surface area (Å²) >= 11 is 0.743. The molecular formula is C19H13F3N2O5S. The van der Waals surface area contributed by atoms with Crippen molar-refractivity contribution in [3.8, 4) is 17.2 Å². The van der Waals surface area contributed by atoms with Crippen molar-refractivity contribution in [3.05, 3.63) is 58.0 Å². The summed E-state index contributed by atoms with van der Waals surface area (Å²) in [5, 5.41) is 1.64. The first-order valence-corrected chi connectivity index (χ1v) is 9.02. The second-order valence-electron chi connectivity index (χ2n) is 5.94. The molecule has 2 aromatic carbocycles. The van der Waals surface area contributed by atoms with E-state index in [4.69, 9.17) is 15.2 Å². The van der Waals surface area contributed by atoms with Crippen LogP contribution in [-0.2, 0) is 11.0 Å². The van der Waals surface area contributed by atoms with Crippen LogP contribution < -0.4 is 20.5 Å². The number of ether oxygens (including phenoxy) is 2. The lowest BCUT2D eigenvalue weighted by Gasteiger charge is -2.15. The Morgan fingerprint density at radius 3 is 2.37 bits per heavy atom. The van der Waals surface area contributed by atoms with Crippen LogP contribution >= 0.6 is 11.8 Å². The molecule has 3 rings (SSSR count). The van der Waals surface area contributed by atoms with Gasteiger partial charge in [-0.2, -0.15) is 13.2 Å². The lowest BCUT2D eigenvalue weighted by molar-refractivity contribution is -0.137. The Morgan fingerprint density at radius 2 is 1.80 bits per heavy atom. The van der Waals surface area contributed by atoms with Gasteiger partial charge < -0.3 is 15.2 Å². The first kappa shape index (κ1) is 21.2. The normalized spacial score (nSPS) is 15.3. The van der Waals surface area contributed by atoms with Crippen LogP contribution in [0.2, 0.25) is 0 Å². The molecule has 1 saturated heterocycles. The molecule has 1 aliphatic heterocycles. The molecule has 156 valence electrons. The molecular weight excluding hydrogens is 425 g/mol. The van der Waals surface area contributed by atoms with Crippen molar-refractivity contribution in [2.75, 3.05) is 7.11 Å². The molecule has 0 atom stereocenters. The lowest BCUT2D eigenvalue weighted by atomic mass is 10.1. The van der Waals surface area contributed by atoms with Crippen LogP contribution in [0.1, 0.15) is 21.5 Å². The molecule has 11 heteroatoms. The number of hydrogen-bond donors (Lipinski definition) is 2. The zero-order valence-electron chi connectivity index (χ0n) is 15.2. The summed E-state index contributed by atoms with van der Waals surface area (Å²) in [5.41, 5.74) is 4.22. The van der Waals surface area contributed by atoms with Crippen LogP contribution in [0.15, 0.2) is 41.3 Å². The predicted molar refractivity (Wildman–Crippen MR) is 102 cm³/mol. The van der Waals surface area contributed by atoms with Gasteiger partial charge in [-0.15, -0.1) is 0 Å². The van der Waals surface area contributed by atoms with Gasteiger partial charge in [0.2, 0.25) is 0 Å². The summed E-state index contributed by atoms with van der Waals surface area (Å²) in [6, 6.07) is 6.83. The molecule has 0 saturated carbocycles. The Balaban J connectivity index is 1.94. The number of alkyl halides is 3. The third-order valence-electron chi connectivity index (χ3n) is 3.92. The maximum absolute atomic E-state index is 12.9. The summed E-state index contributed by atoms with van der Waals surface area (Å²) in [7, 11) is 1.33. The zero-order valence-corrected chi connectivity index (χ0v) is 16.0. The van der Waals surface area contributed by atoms with Crippen molar-refractivity contribution in [3.63, 3.8) is 0 Å². The number of thioether (sulfide) groups is 1. The Hall–Kier alpha value is -3.47. The van der Waals surface area contributed by atoms with E-state index in [-0.39, 0.29) is 22.2 Å². The summed E-state index contributed by atoms with van der Waals surface area (Å²) in [4.78, 5) is 34.7. The van der Waals surface area contributed by atoms with Gasteiger partial charge in [0.05, 0.1) is 23.1 Å². The SMILES string of the molecule is COc1cc(/C=C2/SC(=O)NC2=O)ccc1Oc1ccc(C(F)(F)F)cc1C(N)=O. The highest BCUT2D eigenvalue weighted by atomic mass is 32.2. The van der Waals surface area contributed by atoms with E-state index in [2.05, 4.69) is 5.32 Å². The molecule has 0 radical (unpaired) electrons. The molecule has 3 amide bonds. The zero-order chi connectivity index (χ0) is 22.1. The number of carbonyl (C=O) groups is 3. The quantitative estimate of drug-likeness (QED) is 0.685. The van der Waals surface area contributed by atoms with Crippen LogP contribution in [0, 0.1) is 0 Å². The van der Waals surface area contributed by atoms with Gasteiger partial charge in [0.25, 0.3) is 17.1 Å². The largest absolute Gasteiger partial charge is 0.493 e. The number of benzene rings is 2. The number of halogens is 3. The van der Waals surface area contributed by atoms with Gasteiger partial charge in [0.15, 0.2) is 11.5 Å². The average molecular weight is 438 g/mol. The number of primary amides is 1. The molecule has 7 nitrogen and oxygen atoms in total. The topological polar surface area (TPSA) is 108 Å². The molecule has 0 unspecified atom stereocenters. The molecule has 1 aliphatic rings. The Kier molecular flexibility index (Phi) is 5.74. The second kappa shape index (κ2) is 8.11. The third-order valence-corrected chi connectivity index (χ3v) is 4.73. The van der Waals surface area contributed by atoms with Gasteiger partial charge in [-0.1, -0.05) is 6.07 Å². The number of hydrogen-bond acceptors (Lipinski definition) is 6. The first-order chi connectivity index (χ1) is 14.1. The average Bonchev–Trinajstić information content (AvgIpc) is 2.98. The van der Waals surface area contributed by atoms with Gasteiger partial charge in [-0.3, -0.25) is 19.7 Å². The first-order valence-electron chi connectivity index (χ1n) is 8.20. The van der Waals surface area contributed by atoms with E-state index >= 15 is 0 Å². The highest BCUT2D eigenvalue weighted by Gasteiger charge is 2.32. The van der Waals surface area contributed by atoms with Gasteiger partial charge in [0.1, 0.15) is 5.75 Å². The van der Waals surface area contributed by atoms with Crippen molar-refractivity contribution in [1.29, 1.82) is 0 Å². The monoisotopic (exact) mass is 438 g/mol. The maximum Gasteiger partial charge on any atom is 0.416 e. The van der Waals surface area contributed by atoms with E-state index in [1.54, 1.807) is 0 Å². The molecule has 0 aromatic heterocycles. The fourth-order valence-corrected chi connectivity index (χ4v) is 3.22. The number of methoxy groups -OCH3 is 1. The van der Waals surface area contributed by atoms with Gasteiger partial charge >= 0.3 is 6.18 Å². The molecule has 3 N–H and O–H groups in total. The molecule has 2 aromatic rings. The highest BCUT2D eigenvalue weighted by molar-refractivity contribution is 8.18. The molecule has 1 heterocycles. The maximum atomic E-state index is 12.9. The molecule has 0 spiro atoms. The van der Waals surface area contributed by atoms with Crippen LogP contribution in [-0.4, -0.2) is 24.2 Å². The van der Waals surface area contributed by atoms with Crippen molar-refractivity contribution in [2.24, 2.45) is 5.73 Å². The van der Waals surface area contributed by atoms with E-state index in [1.807, 2.05) is 0 Å². The number of carbonyl (C=O) groups excluding carboxylic acids is 3. The third kappa shape index (κ3) is 4.57. The van der Waals surface area contributed by atoms with Crippen molar-refractivity contribution in [2.45, 2.75) is 6.18 Å². The molecule has 0 bridgehead atoms. The van der Waals surface area contributed by atoms with Crippen molar-refractivity contribution in [1.82, 2.24) is 5.32 Å². The summed E-state index contributed by atoms with van der Waals surface area (Å²) in [5.74, 6) is -1.53. The number of nitrogens with one attached hydrogen (secondary N) is 1. The summed E-state index contributed by atoms with van der Waals surface area (Å²) < 4.78 is 49.5. The number of imide groups is 1. The van der Waals surface area contributed by atoms with Crippen LogP contribution in [0.3, 0.4) is 0 Å². The van der Waals surface area contributed by atoms with Gasteiger partial charge in [0, 0.05) is 0 Å². The fraction of sp³-hybridized carbons (Fsp3) is 0.105. The van der Waals surface area contributed by atoms with Crippen LogP contribution in [0.5, 0.6) is 17.2 Å². The smallest absolute Gasteiger partial charge is 0.416 e. The van der Waals surface area contributed by atoms with Gasteiger partial charge in [-0.05, 0) is 53.7 Å². The summed E-state index contributed by atoms with van der Waals surface area (Å²) in [6.07, 6.45) is -3.19. The standard InChI is InChI=1S/C19H13F3N2O5S/c1-28-14-6-9(7-15-17(26)24-18(27)30-15)2-4-13(14)29-12-5-3-10(19(20,21)22)8-11(12)16(23)25/h2-8H,1H3,(H2,23,25)(H,24,26,27)/b15-7+. The summed E-state index contributed by atoms with van der Waals surface area (Å²) in [6.45, 7) is 0. The van der Waals surface area contributed by atoms with E-state index in [1.165, 1.54) is 31.4 Å². The van der Waals surface area contributed by atoms with E-state index < -0.39 is 34.4 Å². The van der Waals surface area contributed by atoms with Crippen molar-refractivity contribution < 1.29 is 37.0 Å². The van der Waals surface area contributed by atoms with Crippen LogP contribution in [0.4, 0.5) is 18.0 Å². The highest BCUT2D eigenvalue weighted by Crippen LogP contribution is 2.37. The van der Waals surface area contributed by atoms with E-state index in [9.17, 15) is 27.6 Å². The molecule has 1 fully saturated rings. The van der Waals surface area contributed by atoms with E-state index in [0.29, 0.717) is 11.6 Å². The number of nitrogens with two attached hydrogens (primary N) is 1. The minimum absolute atomic E-state index is 0.0986. The number of amides is 3. The number of rotatable bonds is 5. The minimum Gasteiger partial charge on any atom is -0.493 e. The second-order valence-corrected chi connectivity index (χ2v) is 6.95. The lowest BCUT2D eigenvalue weighted by Crippen LogP contribution is -2.17. The minimum atomic E-state index is -4.65. The fourth-order valence-electron chi connectivity index (χ4n) is 2.54. The van der Waals surface area contributed by atoms with Gasteiger partial charge in [-0.25, -0.2) is 0 Å².